The van der Waals surface area contributed by atoms with Gasteiger partial charge in [-0.15, -0.1) is 0 Å². The zero-order chi connectivity index (χ0) is 30.0. The van der Waals surface area contributed by atoms with Gasteiger partial charge in [0.2, 0.25) is 21.8 Å². The van der Waals surface area contributed by atoms with Crippen molar-refractivity contribution in [1.29, 1.82) is 0 Å². The highest BCUT2D eigenvalue weighted by atomic mass is 32.2. The predicted octanol–water partition coefficient (Wildman–Crippen LogP) is 4.55. The Labute approximate surface area is 242 Å². The van der Waals surface area contributed by atoms with Crippen molar-refractivity contribution in [2.24, 2.45) is 0 Å². The SMILES string of the molecule is CCOc1ccc(N(CC(=O)N(Cc2ccc(F)cc2)[C@@H](Cc2ccccc2)C(=O)N[C@H](C)CC)S(C)(=O)=O)cc1. The number of amides is 2. The lowest BCUT2D eigenvalue weighted by Gasteiger charge is -2.34. The van der Waals surface area contributed by atoms with E-state index in [2.05, 4.69) is 5.32 Å². The fourth-order valence-electron chi connectivity index (χ4n) is 4.27. The van der Waals surface area contributed by atoms with Crippen molar-refractivity contribution in [1.82, 2.24) is 10.2 Å². The maximum Gasteiger partial charge on any atom is 0.244 e. The van der Waals surface area contributed by atoms with E-state index in [1.165, 1.54) is 17.0 Å². The molecule has 41 heavy (non-hydrogen) atoms. The molecular formula is C31H38FN3O5S. The van der Waals surface area contributed by atoms with Gasteiger partial charge in [0.1, 0.15) is 24.2 Å². The van der Waals surface area contributed by atoms with Crippen LogP contribution >= 0.6 is 0 Å². The zero-order valence-corrected chi connectivity index (χ0v) is 24.7. The molecule has 0 heterocycles. The molecule has 2 amide bonds. The second-order valence-electron chi connectivity index (χ2n) is 9.87. The molecular weight excluding hydrogens is 545 g/mol. The van der Waals surface area contributed by atoms with Gasteiger partial charge in [-0.3, -0.25) is 13.9 Å². The van der Waals surface area contributed by atoms with E-state index >= 15 is 0 Å². The Morgan fingerprint density at radius 2 is 1.56 bits per heavy atom. The number of sulfonamides is 1. The van der Waals surface area contributed by atoms with Crippen molar-refractivity contribution in [3.05, 3.63) is 95.8 Å². The summed E-state index contributed by atoms with van der Waals surface area (Å²) >= 11 is 0. The number of nitrogens with zero attached hydrogens (tertiary/aromatic N) is 2. The van der Waals surface area contributed by atoms with E-state index in [-0.39, 0.29) is 30.6 Å². The van der Waals surface area contributed by atoms with Gasteiger partial charge < -0.3 is 15.0 Å². The molecule has 3 rings (SSSR count). The van der Waals surface area contributed by atoms with Crippen LogP contribution in [0.4, 0.5) is 10.1 Å². The van der Waals surface area contributed by atoms with Gasteiger partial charge in [-0.05, 0) is 67.8 Å². The summed E-state index contributed by atoms with van der Waals surface area (Å²) < 4.78 is 45.9. The number of hydrogen-bond donors (Lipinski definition) is 1. The van der Waals surface area contributed by atoms with Crippen LogP contribution in [0.15, 0.2) is 78.9 Å². The highest BCUT2D eigenvalue weighted by molar-refractivity contribution is 7.92. The van der Waals surface area contributed by atoms with Crippen molar-refractivity contribution in [3.63, 3.8) is 0 Å². The van der Waals surface area contributed by atoms with Crippen molar-refractivity contribution in [2.45, 2.75) is 52.2 Å². The molecule has 0 aromatic heterocycles. The van der Waals surface area contributed by atoms with Crippen LogP contribution in [0, 0.1) is 5.82 Å². The average Bonchev–Trinajstić information content (AvgIpc) is 2.95. The zero-order valence-electron chi connectivity index (χ0n) is 23.9. The minimum atomic E-state index is -3.88. The first-order valence-corrected chi connectivity index (χ1v) is 15.4. The van der Waals surface area contributed by atoms with E-state index < -0.39 is 34.3 Å². The fraction of sp³-hybridized carbons (Fsp3) is 0.355. The summed E-state index contributed by atoms with van der Waals surface area (Å²) in [5.74, 6) is -0.793. The van der Waals surface area contributed by atoms with Crippen LogP contribution in [-0.2, 0) is 32.6 Å². The molecule has 0 fully saturated rings. The molecule has 3 aromatic rings. The van der Waals surface area contributed by atoms with Gasteiger partial charge in [0.25, 0.3) is 0 Å². The van der Waals surface area contributed by atoms with E-state index in [0.717, 1.165) is 16.1 Å². The quantitative estimate of drug-likeness (QED) is 0.301. The summed E-state index contributed by atoms with van der Waals surface area (Å²) in [4.78, 5) is 29.1. The molecule has 0 saturated heterocycles. The molecule has 0 saturated carbocycles. The monoisotopic (exact) mass is 583 g/mol. The van der Waals surface area contributed by atoms with Crippen LogP contribution in [0.5, 0.6) is 5.75 Å². The molecule has 0 spiro atoms. The molecule has 0 aliphatic carbocycles. The van der Waals surface area contributed by atoms with Gasteiger partial charge >= 0.3 is 0 Å². The number of anilines is 1. The molecule has 1 N–H and O–H groups in total. The molecule has 0 radical (unpaired) electrons. The molecule has 220 valence electrons. The van der Waals surface area contributed by atoms with Crippen LogP contribution in [-0.4, -0.2) is 56.6 Å². The number of hydrogen-bond acceptors (Lipinski definition) is 5. The van der Waals surface area contributed by atoms with Crippen molar-refractivity contribution in [3.8, 4) is 5.75 Å². The highest BCUT2D eigenvalue weighted by Crippen LogP contribution is 2.23. The summed E-state index contributed by atoms with van der Waals surface area (Å²) in [5.41, 5.74) is 1.72. The van der Waals surface area contributed by atoms with Crippen LogP contribution in [0.2, 0.25) is 0 Å². The predicted molar refractivity (Wildman–Crippen MR) is 159 cm³/mol. The molecule has 0 aliphatic rings. The number of benzene rings is 3. The standard InChI is InChI=1S/C31H38FN3O5S/c1-5-23(3)33-31(37)29(20-24-10-8-7-9-11-24)34(21-25-12-14-26(32)15-13-25)30(36)22-35(41(4,38)39)27-16-18-28(19-17-27)40-6-2/h7-19,23,29H,5-6,20-22H2,1-4H3,(H,33,37)/t23-,29+/m1/s1. The maximum atomic E-state index is 14.0. The second kappa shape index (κ2) is 14.6. The highest BCUT2D eigenvalue weighted by Gasteiger charge is 2.33. The van der Waals surface area contributed by atoms with Crippen LogP contribution in [0.25, 0.3) is 0 Å². The normalized spacial score (nSPS) is 12.7. The second-order valence-corrected chi connectivity index (χ2v) is 11.8. The summed E-state index contributed by atoms with van der Waals surface area (Å²) in [7, 11) is -3.88. The van der Waals surface area contributed by atoms with Gasteiger partial charge in [0.15, 0.2) is 0 Å². The van der Waals surface area contributed by atoms with Crippen LogP contribution < -0.4 is 14.4 Å². The maximum absolute atomic E-state index is 14.0. The molecule has 0 unspecified atom stereocenters. The molecule has 8 nitrogen and oxygen atoms in total. The Kier molecular flexibility index (Phi) is 11.3. The molecule has 10 heteroatoms. The summed E-state index contributed by atoms with van der Waals surface area (Å²) in [6, 6.07) is 20.3. The third kappa shape index (κ3) is 9.31. The van der Waals surface area contributed by atoms with Gasteiger partial charge in [-0.1, -0.05) is 49.4 Å². The van der Waals surface area contributed by atoms with Gasteiger partial charge in [0.05, 0.1) is 18.6 Å². The van der Waals surface area contributed by atoms with Crippen molar-refractivity contribution >= 4 is 27.5 Å². The Bertz CT molecular complexity index is 1380. The lowest BCUT2D eigenvalue weighted by atomic mass is 10.0. The van der Waals surface area contributed by atoms with Crippen LogP contribution in [0.1, 0.15) is 38.3 Å². The Morgan fingerprint density at radius 3 is 2.12 bits per heavy atom. The Morgan fingerprint density at radius 1 is 0.927 bits per heavy atom. The van der Waals surface area contributed by atoms with E-state index in [1.54, 1.807) is 36.4 Å². The molecule has 2 atom stereocenters. The largest absolute Gasteiger partial charge is 0.494 e. The molecule has 3 aromatic carbocycles. The lowest BCUT2D eigenvalue weighted by molar-refractivity contribution is -0.140. The van der Waals surface area contributed by atoms with E-state index in [9.17, 15) is 22.4 Å². The first kappa shape index (κ1) is 31.6. The number of halogens is 1. The first-order valence-electron chi connectivity index (χ1n) is 13.6. The van der Waals surface area contributed by atoms with Gasteiger partial charge in [-0.25, -0.2) is 12.8 Å². The Balaban J connectivity index is 2.03. The lowest BCUT2D eigenvalue weighted by Crippen LogP contribution is -2.54. The summed E-state index contributed by atoms with van der Waals surface area (Å²) in [6.07, 6.45) is 1.92. The number of carbonyl (C=O) groups excluding carboxylic acids is 2. The number of rotatable bonds is 14. The first-order chi connectivity index (χ1) is 19.5. The number of nitrogens with one attached hydrogen (secondary N) is 1. The minimum absolute atomic E-state index is 0.0224. The van der Waals surface area contributed by atoms with E-state index in [1.807, 2.05) is 51.1 Å². The van der Waals surface area contributed by atoms with Gasteiger partial charge in [-0.2, -0.15) is 0 Å². The summed E-state index contributed by atoms with van der Waals surface area (Å²) in [5, 5.41) is 2.97. The van der Waals surface area contributed by atoms with Gasteiger partial charge in [0, 0.05) is 19.0 Å². The minimum Gasteiger partial charge on any atom is -0.494 e. The van der Waals surface area contributed by atoms with Crippen molar-refractivity contribution < 1.29 is 27.1 Å². The van der Waals surface area contributed by atoms with E-state index in [4.69, 9.17) is 4.74 Å². The Hall–Kier alpha value is -3.92. The smallest absolute Gasteiger partial charge is 0.244 e. The van der Waals surface area contributed by atoms with E-state index in [0.29, 0.717) is 24.3 Å². The average molecular weight is 584 g/mol. The fourth-order valence-corrected chi connectivity index (χ4v) is 5.12. The molecule has 0 aliphatic heterocycles. The summed E-state index contributed by atoms with van der Waals surface area (Å²) in [6.45, 7) is 5.56. The van der Waals surface area contributed by atoms with Crippen LogP contribution in [0.3, 0.4) is 0 Å². The number of ether oxygens (including phenoxy) is 1. The number of carbonyl (C=O) groups is 2. The third-order valence-corrected chi connectivity index (χ3v) is 7.79. The third-order valence-electron chi connectivity index (χ3n) is 6.65. The topological polar surface area (TPSA) is 96.0 Å². The molecule has 0 bridgehead atoms. The van der Waals surface area contributed by atoms with Crippen molar-refractivity contribution in [2.75, 3.05) is 23.7 Å².